The molecule has 3 aliphatic rings. The van der Waals surface area contributed by atoms with E-state index in [-0.39, 0.29) is 6.10 Å². The Kier molecular flexibility index (Phi) is 3.20. The third-order valence-corrected chi connectivity index (χ3v) is 4.96. The summed E-state index contributed by atoms with van der Waals surface area (Å²) in [7, 11) is 0. The summed E-state index contributed by atoms with van der Waals surface area (Å²) in [5.41, 5.74) is 0. The molecule has 2 heteroatoms. The van der Waals surface area contributed by atoms with Crippen LogP contribution in [-0.2, 0) is 0 Å². The topological polar surface area (TPSA) is 23.5 Å². The zero-order valence-electron chi connectivity index (χ0n) is 11.3. The van der Waals surface area contributed by atoms with E-state index in [1.807, 2.05) is 0 Å². The molecule has 0 aromatic rings. The van der Waals surface area contributed by atoms with E-state index >= 15 is 0 Å². The third kappa shape index (κ3) is 2.68. The SMILES string of the molecule is CC1CC(C)C(N(CC2CC2)C2CC2)C(O)C1. The van der Waals surface area contributed by atoms with Crippen LogP contribution in [0.3, 0.4) is 0 Å². The van der Waals surface area contributed by atoms with Crippen LogP contribution in [0.15, 0.2) is 0 Å². The first kappa shape index (κ1) is 12.0. The molecule has 17 heavy (non-hydrogen) atoms. The van der Waals surface area contributed by atoms with Crippen LogP contribution in [0.5, 0.6) is 0 Å². The largest absolute Gasteiger partial charge is 0.391 e. The highest BCUT2D eigenvalue weighted by molar-refractivity contribution is 4.98. The summed E-state index contributed by atoms with van der Waals surface area (Å²) >= 11 is 0. The molecule has 0 heterocycles. The molecule has 0 bridgehead atoms. The van der Waals surface area contributed by atoms with Gasteiger partial charge in [0.1, 0.15) is 0 Å². The van der Waals surface area contributed by atoms with Crippen molar-refractivity contribution in [2.24, 2.45) is 17.8 Å². The van der Waals surface area contributed by atoms with Crippen molar-refractivity contribution in [1.29, 1.82) is 0 Å². The van der Waals surface area contributed by atoms with Crippen molar-refractivity contribution in [3.63, 3.8) is 0 Å². The monoisotopic (exact) mass is 237 g/mol. The molecule has 3 aliphatic carbocycles. The van der Waals surface area contributed by atoms with Gasteiger partial charge in [0.2, 0.25) is 0 Å². The minimum atomic E-state index is -0.0758. The van der Waals surface area contributed by atoms with E-state index in [1.54, 1.807) is 0 Å². The second-order valence-corrected chi connectivity index (χ2v) is 6.98. The van der Waals surface area contributed by atoms with E-state index in [0.29, 0.717) is 17.9 Å². The first-order valence-corrected chi connectivity index (χ1v) is 7.59. The van der Waals surface area contributed by atoms with Crippen LogP contribution in [0, 0.1) is 17.8 Å². The van der Waals surface area contributed by atoms with Crippen LogP contribution in [0.25, 0.3) is 0 Å². The van der Waals surface area contributed by atoms with Crippen molar-refractivity contribution in [2.45, 2.75) is 70.6 Å². The quantitative estimate of drug-likeness (QED) is 0.812. The molecule has 4 atom stereocenters. The van der Waals surface area contributed by atoms with E-state index in [4.69, 9.17) is 0 Å². The van der Waals surface area contributed by atoms with Gasteiger partial charge in [-0.15, -0.1) is 0 Å². The van der Waals surface area contributed by atoms with Crippen LogP contribution in [0.2, 0.25) is 0 Å². The van der Waals surface area contributed by atoms with Crippen molar-refractivity contribution >= 4 is 0 Å². The maximum atomic E-state index is 10.4. The third-order valence-electron chi connectivity index (χ3n) is 4.96. The zero-order valence-corrected chi connectivity index (χ0v) is 11.3. The van der Waals surface area contributed by atoms with Gasteiger partial charge in [0, 0.05) is 18.6 Å². The van der Waals surface area contributed by atoms with Gasteiger partial charge in [-0.25, -0.2) is 0 Å². The first-order chi connectivity index (χ1) is 8.15. The predicted molar refractivity (Wildman–Crippen MR) is 69.8 cm³/mol. The Balaban J connectivity index is 1.69. The summed E-state index contributed by atoms with van der Waals surface area (Å²) in [5, 5.41) is 10.4. The summed E-state index contributed by atoms with van der Waals surface area (Å²) < 4.78 is 0. The van der Waals surface area contributed by atoms with Crippen LogP contribution in [-0.4, -0.2) is 34.7 Å². The molecule has 3 rings (SSSR count). The Bertz CT molecular complexity index is 260. The lowest BCUT2D eigenvalue weighted by Gasteiger charge is -2.44. The van der Waals surface area contributed by atoms with Crippen LogP contribution >= 0.6 is 0 Å². The molecule has 3 saturated carbocycles. The molecular weight excluding hydrogens is 210 g/mol. The molecular formula is C15H27NO. The molecule has 0 aromatic heterocycles. The highest BCUT2D eigenvalue weighted by Gasteiger charge is 2.44. The summed E-state index contributed by atoms with van der Waals surface area (Å²) in [5.74, 6) is 2.33. The second-order valence-electron chi connectivity index (χ2n) is 6.98. The van der Waals surface area contributed by atoms with Gasteiger partial charge in [-0.1, -0.05) is 13.8 Å². The average molecular weight is 237 g/mol. The Morgan fingerprint density at radius 3 is 2.29 bits per heavy atom. The minimum absolute atomic E-state index is 0.0758. The molecule has 0 amide bonds. The molecule has 2 nitrogen and oxygen atoms in total. The van der Waals surface area contributed by atoms with E-state index in [1.165, 1.54) is 38.6 Å². The molecule has 0 aliphatic heterocycles. The van der Waals surface area contributed by atoms with Gasteiger partial charge in [0.25, 0.3) is 0 Å². The van der Waals surface area contributed by atoms with Gasteiger partial charge in [-0.05, 0) is 56.3 Å². The minimum Gasteiger partial charge on any atom is -0.391 e. The normalized spacial score (nSPS) is 43.1. The zero-order chi connectivity index (χ0) is 12.0. The number of aliphatic hydroxyl groups is 1. The van der Waals surface area contributed by atoms with E-state index < -0.39 is 0 Å². The Morgan fingerprint density at radius 1 is 1.06 bits per heavy atom. The fourth-order valence-corrected chi connectivity index (χ4v) is 3.87. The van der Waals surface area contributed by atoms with Gasteiger partial charge in [0.05, 0.1) is 6.10 Å². The standard InChI is InChI=1S/C15H27NO/c1-10-7-11(2)15(14(17)8-10)16(13-5-6-13)9-12-3-4-12/h10-15,17H,3-9H2,1-2H3. The number of hydrogen-bond acceptors (Lipinski definition) is 2. The van der Waals surface area contributed by atoms with Gasteiger partial charge in [0.15, 0.2) is 0 Å². The number of nitrogens with zero attached hydrogens (tertiary/aromatic N) is 1. The van der Waals surface area contributed by atoms with Crippen molar-refractivity contribution in [1.82, 2.24) is 4.90 Å². The molecule has 98 valence electrons. The maximum Gasteiger partial charge on any atom is 0.0700 e. The number of rotatable bonds is 4. The maximum absolute atomic E-state index is 10.4. The van der Waals surface area contributed by atoms with Gasteiger partial charge >= 0.3 is 0 Å². The lowest BCUT2D eigenvalue weighted by Crippen LogP contribution is -2.52. The Labute approximate surface area is 105 Å². The molecule has 0 radical (unpaired) electrons. The molecule has 3 fully saturated rings. The van der Waals surface area contributed by atoms with Gasteiger partial charge in [-0.3, -0.25) is 4.90 Å². The Morgan fingerprint density at radius 2 is 1.76 bits per heavy atom. The number of hydrogen-bond donors (Lipinski definition) is 1. The Hall–Kier alpha value is -0.0800. The summed E-state index contributed by atoms with van der Waals surface area (Å²) in [6.07, 6.45) is 7.84. The first-order valence-electron chi connectivity index (χ1n) is 7.59. The van der Waals surface area contributed by atoms with Crippen LogP contribution in [0.4, 0.5) is 0 Å². The number of aliphatic hydroxyl groups excluding tert-OH is 1. The molecule has 4 unspecified atom stereocenters. The van der Waals surface area contributed by atoms with Crippen LogP contribution < -0.4 is 0 Å². The van der Waals surface area contributed by atoms with E-state index in [2.05, 4.69) is 18.7 Å². The predicted octanol–water partition coefficient (Wildman–Crippen LogP) is 2.66. The fourth-order valence-electron chi connectivity index (χ4n) is 3.87. The van der Waals surface area contributed by atoms with Crippen molar-refractivity contribution in [3.8, 4) is 0 Å². The lowest BCUT2D eigenvalue weighted by atomic mass is 9.77. The lowest BCUT2D eigenvalue weighted by molar-refractivity contribution is -0.0299. The second kappa shape index (κ2) is 4.55. The summed E-state index contributed by atoms with van der Waals surface area (Å²) in [6, 6.07) is 1.27. The van der Waals surface area contributed by atoms with Crippen molar-refractivity contribution in [2.75, 3.05) is 6.54 Å². The smallest absolute Gasteiger partial charge is 0.0700 e. The fraction of sp³-hybridized carbons (Fsp3) is 1.00. The summed E-state index contributed by atoms with van der Waals surface area (Å²) in [6.45, 7) is 5.91. The van der Waals surface area contributed by atoms with Crippen molar-refractivity contribution < 1.29 is 5.11 Å². The highest BCUT2D eigenvalue weighted by atomic mass is 16.3. The van der Waals surface area contributed by atoms with E-state index in [9.17, 15) is 5.11 Å². The van der Waals surface area contributed by atoms with Gasteiger partial charge < -0.3 is 5.11 Å². The molecule has 0 spiro atoms. The van der Waals surface area contributed by atoms with Gasteiger partial charge in [-0.2, -0.15) is 0 Å². The molecule has 1 N–H and O–H groups in total. The van der Waals surface area contributed by atoms with Crippen LogP contribution in [0.1, 0.15) is 52.4 Å². The highest BCUT2D eigenvalue weighted by Crippen LogP contribution is 2.41. The average Bonchev–Trinajstić information content (AvgIpc) is 3.11. The summed E-state index contributed by atoms with van der Waals surface area (Å²) in [4.78, 5) is 2.69. The van der Waals surface area contributed by atoms with E-state index in [0.717, 1.165) is 18.4 Å². The van der Waals surface area contributed by atoms with Crippen molar-refractivity contribution in [3.05, 3.63) is 0 Å². The molecule has 0 saturated heterocycles. The molecule has 0 aromatic carbocycles.